The summed E-state index contributed by atoms with van der Waals surface area (Å²) in [7, 11) is 0. The number of aryl methyl sites for hydroxylation is 1. The molecule has 28 heavy (non-hydrogen) atoms. The lowest BCUT2D eigenvalue weighted by Crippen LogP contribution is -2.41. The molecule has 2 heterocycles. The first-order valence-corrected chi connectivity index (χ1v) is 10.2. The molecule has 2 aromatic rings. The van der Waals surface area contributed by atoms with Gasteiger partial charge in [-0.3, -0.25) is 4.79 Å². The van der Waals surface area contributed by atoms with Gasteiger partial charge >= 0.3 is 0 Å². The molecule has 0 unspecified atom stereocenters. The molecule has 1 amide bonds. The SMILES string of the molecule is CCNCC1CCN(C(=O)Cc2c(C)nn(-c3ccc(Cl)cc3)c2C)CC1.Cl. The molecule has 5 nitrogen and oxygen atoms in total. The lowest BCUT2D eigenvalue weighted by molar-refractivity contribution is -0.131. The molecular formula is C21H30Cl2N4O. The Hall–Kier alpha value is -1.56. The van der Waals surface area contributed by atoms with Crippen molar-refractivity contribution in [3.05, 3.63) is 46.2 Å². The highest BCUT2D eigenvalue weighted by molar-refractivity contribution is 6.30. The first kappa shape index (κ1) is 22.7. The van der Waals surface area contributed by atoms with Crippen molar-refractivity contribution in [3.8, 4) is 5.69 Å². The average Bonchev–Trinajstić information content (AvgIpc) is 2.95. The number of aromatic nitrogens is 2. The molecule has 1 aliphatic rings. The monoisotopic (exact) mass is 424 g/mol. The van der Waals surface area contributed by atoms with Gasteiger partial charge in [-0.2, -0.15) is 5.10 Å². The van der Waals surface area contributed by atoms with Crippen LogP contribution in [0, 0.1) is 19.8 Å². The number of benzene rings is 1. The van der Waals surface area contributed by atoms with Crippen LogP contribution >= 0.6 is 24.0 Å². The second-order valence-corrected chi connectivity index (χ2v) is 7.78. The molecule has 0 atom stereocenters. The zero-order valence-corrected chi connectivity index (χ0v) is 18.4. The summed E-state index contributed by atoms with van der Waals surface area (Å²) < 4.78 is 1.90. The van der Waals surface area contributed by atoms with E-state index < -0.39 is 0 Å². The van der Waals surface area contributed by atoms with E-state index in [9.17, 15) is 4.79 Å². The summed E-state index contributed by atoms with van der Waals surface area (Å²) in [5.41, 5.74) is 3.93. The van der Waals surface area contributed by atoms with Gasteiger partial charge in [-0.25, -0.2) is 4.68 Å². The predicted octanol–water partition coefficient (Wildman–Crippen LogP) is 3.95. The number of hydrogen-bond donors (Lipinski definition) is 1. The van der Waals surface area contributed by atoms with E-state index in [2.05, 4.69) is 17.3 Å². The smallest absolute Gasteiger partial charge is 0.227 e. The van der Waals surface area contributed by atoms with E-state index in [1.807, 2.05) is 47.7 Å². The van der Waals surface area contributed by atoms with Crippen molar-refractivity contribution >= 4 is 29.9 Å². The Morgan fingerprint density at radius 2 is 1.86 bits per heavy atom. The number of piperidine rings is 1. The first-order valence-electron chi connectivity index (χ1n) is 9.79. The highest BCUT2D eigenvalue weighted by Crippen LogP contribution is 2.22. The van der Waals surface area contributed by atoms with E-state index in [0.717, 1.165) is 61.7 Å². The summed E-state index contributed by atoms with van der Waals surface area (Å²) >= 11 is 5.98. The molecule has 0 saturated carbocycles. The molecule has 1 aromatic carbocycles. The molecule has 1 saturated heterocycles. The van der Waals surface area contributed by atoms with Crippen LogP contribution in [-0.2, 0) is 11.2 Å². The lowest BCUT2D eigenvalue weighted by atomic mass is 9.96. The number of halogens is 2. The van der Waals surface area contributed by atoms with Crippen molar-refractivity contribution in [3.63, 3.8) is 0 Å². The van der Waals surface area contributed by atoms with Crippen LogP contribution in [0.15, 0.2) is 24.3 Å². The highest BCUT2D eigenvalue weighted by Gasteiger charge is 2.24. The minimum absolute atomic E-state index is 0. The number of hydrogen-bond acceptors (Lipinski definition) is 3. The Morgan fingerprint density at radius 1 is 1.21 bits per heavy atom. The van der Waals surface area contributed by atoms with Gasteiger partial charge in [0.15, 0.2) is 0 Å². The first-order chi connectivity index (χ1) is 13.0. The third kappa shape index (κ3) is 5.28. The quantitative estimate of drug-likeness (QED) is 0.763. The number of carbonyl (C=O) groups is 1. The molecule has 0 aliphatic carbocycles. The van der Waals surface area contributed by atoms with Crippen LogP contribution in [0.25, 0.3) is 5.69 Å². The van der Waals surface area contributed by atoms with Gasteiger partial charge in [0.25, 0.3) is 0 Å². The van der Waals surface area contributed by atoms with E-state index in [1.165, 1.54) is 0 Å². The Bertz CT molecular complexity index is 780. The van der Waals surface area contributed by atoms with Gasteiger partial charge in [0.2, 0.25) is 5.91 Å². The van der Waals surface area contributed by atoms with E-state index in [-0.39, 0.29) is 18.3 Å². The summed E-state index contributed by atoms with van der Waals surface area (Å²) in [5, 5.41) is 8.77. The Labute approximate surface area is 178 Å². The summed E-state index contributed by atoms with van der Waals surface area (Å²) in [5.74, 6) is 0.892. The largest absolute Gasteiger partial charge is 0.342 e. The van der Waals surface area contributed by atoms with Crippen molar-refractivity contribution in [2.45, 2.75) is 40.0 Å². The topological polar surface area (TPSA) is 50.2 Å². The van der Waals surface area contributed by atoms with Gasteiger partial charge < -0.3 is 10.2 Å². The molecule has 0 bridgehead atoms. The van der Waals surface area contributed by atoms with Crippen molar-refractivity contribution in [2.75, 3.05) is 26.2 Å². The van der Waals surface area contributed by atoms with Gasteiger partial charge in [0.1, 0.15) is 0 Å². The number of nitrogens with zero attached hydrogens (tertiary/aromatic N) is 3. The van der Waals surface area contributed by atoms with Gasteiger partial charge in [-0.1, -0.05) is 18.5 Å². The molecule has 1 aromatic heterocycles. The average molecular weight is 425 g/mol. The third-order valence-electron chi connectivity index (χ3n) is 5.49. The van der Waals surface area contributed by atoms with Crippen molar-refractivity contribution < 1.29 is 4.79 Å². The predicted molar refractivity (Wildman–Crippen MR) is 117 cm³/mol. The fourth-order valence-electron chi connectivity index (χ4n) is 3.76. The van der Waals surface area contributed by atoms with Crippen LogP contribution in [0.2, 0.25) is 5.02 Å². The van der Waals surface area contributed by atoms with Crippen LogP contribution in [0.1, 0.15) is 36.7 Å². The van der Waals surface area contributed by atoms with Gasteiger partial charge in [0, 0.05) is 29.4 Å². The Kier molecular flexibility index (Phi) is 8.35. The molecule has 1 N–H and O–H groups in total. The highest BCUT2D eigenvalue weighted by atomic mass is 35.5. The lowest BCUT2D eigenvalue weighted by Gasteiger charge is -2.32. The fourth-order valence-corrected chi connectivity index (χ4v) is 3.89. The van der Waals surface area contributed by atoms with Gasteiger partial charge in [-0.15, -0.1) is 12.4 Å². The summed E-state index contributed by atoms with van der Waals surface area (Å²) in [6.07, 6.45) is 2.59. The molecule has 7 heteroatoms. The van der Waals surface area contributed by atoms with E-state index in [4.69, 9.17) is 11.6 Å². The number of carbonyl (C=O) groups excluding carboxylic acids is 1. The standard InChI is InChI=1S/C21H29ClN4O.ClH/c1-4-23-14-17-9-11-25(12-10-17)21(27)13-20-15(2)24-26(16(20)3)19-7-5-18(22)6-8-19;/h5-8,17,23H,4,9-14H2,1-3H3;1H. The minimum atomic E-state index is 0. The molecular weight excluding hydrogens is 395 g/mol. The second kappa shape index (κ2) is 10.3. The zero-order chi connectivity index (χ0) is 19.4. The van der Waals surface area contributed by atoms with Gasteiger partial charge in [-0.05, 0) is 70.0 Å². The summed E-state index contributed by atoms with van der Waals surface area (Å²) in [4.78, 5) is 14.9. The maximum Gasteiger partial charge on any atom is 0.227 e. The van der Waals surface area contributed by atoms with Crippen LogP contribution in [0.3, 0.4) is 0 Å². The van der Waals surface area contributed by atoms with Crippen LogP contribution in [-0.4, -0.2) is 46.8 Å². The maximum absolute atomic E-state index is 12.8. The zero-order valence-electron chi connectivity index (χ0n) is 16.9. The minimum Gasteiger partial charge on any atom is -0.342 e. The molecule has 3 rings (SSSR count). The summed E-state index contributed by atoms with van der Waals surface area (Å²) in [6.45, 7) is 9.93. The van der Waals surface area contributed by atoms with Crippen LogP contribution < -0.4 is 5.32 Å². The van der Waals surface area contributed by atoms with E-state index in [1.54, 1.807) is 0 Å². The van der Waals surface area contributed by atoms with Crippen LogP contribution in [0.5, 0.6) is 0 Å². The summed E-state index contributed by atoms with van der Waals surface area (Å²) in [6, 6.07) is 7.61. The third-order valence-corrected chi connectivity index (χ3v) is 5.74. The molecule has 0 spiro atoms. The molecule has 0 radical (unpaired) electrons. The molecule has 1 aliphatic heterocycles. The number of rotatable bonds is 6. The number of nitrogens with one attached hydrogen (secondary N) is 1. The van der Waals surface area contributed by atoms with E-state index >= 15 is 0 Å². The second-order valence-electron chi connectivity index (χ2n) is 7.35. The fraction of sp³-hybridized carbons (Fsp3) is 0.524. The van der Waals surface area contributed by atoms with Crippen LogP contribution in [0.4, 0.5) is 0 Å². The Balaban J connectivity index is 0.00000280. The van der Waals surface area contributed by atoms with Crippen molar-refractivity contribution in [1.29, 1.82) is 0 Å². The van der Waals surface area contributed by atoms with E-state index in [0.29, 0.717) is 17.4 Å². The van der Waals surface area contributed by atoms with Crippen molar-refractivity contribution in [2.24, 2.45) is 5.92 Å². The van der Waals surface area contributed by atoms with Gasteiger partial charge in [0.05, 0.1) is 17.8 Å². The Morgan fingerprint density at radius 3 is 2.46 bits per heavy atom. The molecule has 154 valence electrons. The maximum atomic E-state index is 12.8. The normalized spacial score (nSPS) is 14.8. The molecule has 1 fully saturated rings. The number of likely N-dealkylation sites (tertiary alicyclic amines) is 1. The number of amides is 1. The van der Waals surface area contributed by atoms with Crippen molar-refractivity contribution in [1.82, 2.24) is 20.0 Å².